The first-order valence-electron chi connectivity index (χ1n) is 5.83. The molecule has 4 nitrogen and oxygen atoms in total. The maximum absolute atomic E-state index is 12.0. The highest BCUT2D eigenvalue weighted by molar-refractivity contribution is 5.79. The Morgan fingerprint density at radius 2 is 2.07 bits per heavy atom. The Hall–Kier alpha value is -0.610. The van der Waals surface area contributed by atoms with Crippen molar-refractivity contribution in [3.8, 4) is 0 Å². The number of hydrogen-bond acceptors (Lipinski definition) is 3. The van der Waals surface area contributed by atoms with Crippen LogP contribution in [-0.2, 0) is 9.53 Å². The van der Waals surface area contributed by atoms with Crippen LogP contribution in [-0.4, -0.2) is 50.2 Å². The van der Waals surface area contributed by atoms with Gasteiger partial charge in [-0.3, -0.25) is 4.79 Å². The molecule has 15 heavy (non-hydrogen) atoms. The number of nitrogens with one attached hydrogen (secondary N) is 1. The van der Waals surface area contributed by atoms with Crippen LogP contribution in [0.4, 0.5) is 0 Å². The summed E-state index contributed by atoms with van der Waals surface area (Å²) >= 11 is 0. The van der Waals surface area contributed by atoms with Crippen molar-refractivity contribution in [1.82, 2.24) is 10.2 Å². The summed E-state index contributed by atoms with van der Waals surface area (Å²) in [5.41, 5.74) is 0. The van der Waals surface area contributed by atoms with Crippen molar-refractivity contribution in [2.45, 2.75) is 25.4 Å². The van der Waals surface area contributed by atoms with Gasteiger partial charge in [0.25, 0.3) is 0 Å². The van der Waals surface area contributed by atoms with Crippen molar-refractivity contribution in [3.05, 3.63) is 0 Å². The number of carbonyl (C=O) groups is 1. The van der Waals surface area contributed by atoms with Gasteiger partial charge in [0.2, 0.25) is 5.91 Å². The van der Waals surface area contributed by atoms with Gasteiger partial charge in [0.05, 0.1) is 12.0 Å². The molecule has 2 fully saturated rings. The lowest BCUT2D eigenvalue weighted by atomic mass is 10.0. The highest BCUT2D eigenvalue weighted by atomic mass is 16.5. The number of hydrogen-bond donors (Lipinski definition) is 1. The zero-order chi connectivity index (χ0) is 10.7. The molecule has 0 unspecified atom stereocenters. The fraction of sp³-hybridized carbons (Fsp3) is 0.909. The number of ether oxygens (including phenoxy) is 1. The first-order chi connectivity index (χ1) is 7.31. The van der Waals surface area contributed by atoms with Crippen molar-refractivity contribution in [3.63, 3.8) is 0 Å². The molecule has 2 heterocycles. The highest BCUT2D eigenvalue weighted by Crippen LogP contribution is 2.18. The van der Waals surface area contributed by atoms with E-state index in [1.807, 2.05) is 4.90 Å². The van der Waals surface area contributed by atoms with E-state index < -0.39 is 0 Å². The Bertz CT molecular complexity index is 219. The topological polar surface area (TPSA) is 41.6 Å². The highest BCUT2D eigenvalue weighted by Gasteiger charge is 2.29. The van der Waals surface area contributed by atoms with Gasteiger partial charge in [-0.15, -0.1) is 0 Å². The molecule has 0 aromatic rings. The zero-order valence-corrected chi connectivity index (χ0v) is 9.37. The summed E-state index contributed by atoms with van der Waals surface area (Å²) in [7, 11) is 1.75. The molecule has 1 N–H and O–H groups in total. The molecule has 86 valence electrons. The fourth-order valence-electron chi connectivity index (χ4n) is 2.44. The number of amides is 1. The first kappa shape index (κ1) is 10.9. The molecule has 2 saturated heterocycles. The molecular formula is C11H20N2O2. The van der Waals surface area contributed by atoms with Gasteiger partial charge < -0.3 is 15.0 Å². The zero-order valence-electron chi connectivity index (χ0n) is 9.37. The molecule has 2 aliphatic heterocycles. The Morgan fingerprint density at radius 1 is 1.33 bits per heavy atom. The number of carbonyl (C=O) groups excluding carboxylic acids is 1. The molecule has 0 spiro atoms. The minimum atomic E-state index is 0.226. The molecule has 0 aromatic heterocycles. The van der Waals surface area contributed by atoms with Crippen molar-refractivity contribution in [2.24, 2.45) is 5.92 Å². The summed E-state index contributed by atoms with van der Waals surface area (Å²) in [6.07, 6.45) is 3.34. The van der Waals surface area contributed by atoms with E-state index in [0.29, 0.717) is 12.0 Å². The maximum Gasteiger partial charge on any atom is 0.227 e. The van der Waals surface area contributed by atoms with E-state index in [4.69, 9.17) is 4.74 Å². The third-order valence-electron chi connectivity index (χ3n) is 3.50. The van der Waals surface area contributed by atoms with E-state index in [1.165, 1.54) is 0 Å². The molecular weight excluding hydrogens is 192 g/mol. The first-order valence-corrected chi connectivity index (χ1v) is 5.83. The predicted molar refractivity (Wildman–Crippen MR) is 57.6 cm³/mol. The average molecular weight is 212 g/mol. The summed E-state index contributed by atoms with van der Waals surface area (Å²) in [4.78, 5) is 14.0. The van der Waals surface area contributed by atoms with Crippen LogP contribution in [0, 0.1) is 5.92 Å². The van der Waals surface area contributed by atoms with Crippen LogP contribution in [0.5, 0.6) is 0 Å². The molecule has 1 atom stereocenters. The normalized spacial score (nSPS) is 28.3. The molecule has 0 aliphatic carbocycles. The fourth-order valence-corrected chi connectivity index (χ4v) is 2.44. The van der Waals surface area contributed by atoms with Crippen molar-refractivity contribution >= 4 is 5.91 Å². The van der Waals surface area contributed by atoms with E-state index in [0.717, 1.165) is 45.4 Å². The maximum atomic E-state index is 12.0. The van der Waals surface area contributed by atoms with Crippen LogP contribution in [0.25, 0.3) is 0 Å². The Labute approximate surface area is 91.0 Å². The quantitative estimate of drug-likeness (QED) is 0.712. The van der Waals surface area contributed by atoms with Crippen molar-refractivity contribution < 1.29 is 9.53 Å². The predicted octanol–water partition coefficient (Wildman–Crippen LogP) is 0.233. The third kappa shape index (κ3) is 2.49. The van der Waals surface area contributed by atoms with E-state index in [2.05, 4.69) is 5.32 Å². The summed E-state index contributed by atoms with van der Waals surface area (Å²) in [6, 6.07) is 0. The SMILES string of the molecule is COC1CCN(C(=O)[C@H]2CCNC2)CC1. The van der Waals surface area contributed by atoms with Gasteiger partial charge in [0.1, 0.15) is 0 Å². The number of methoxy groups -OCH3 is 1. The number of piperidine rings is 1. The van der Waals surface area contributed by atoms with Crippen LogP contribution in [0.3, 0.4) is 0 Å². The van der Waals surface area contributed by atoms with Crippen LogP contribution < -0.4 is 5.32 Å². The molecule has 2 rings (SSSR count). The van der Waals surface area contributed by atoms with Gasteiger partial charge in [-0.25, -0.2) is 0 Å². The number of nitrogens with zero attached hydrogens (tertiary/aromatic N) is 1. The van der Waals surface area contributed by atoms with E-state index in [1.54, 1.807) is 7.11 Å². The Balaban J connectivity index is 1.81. The molecule has 4 heteroatoms. The minimum Gasteiger partial charge on any atom is -0.381 e. The van der Waals surface area contributed by atoms with Gasteiger partial charge in [0.15, 0.2) is 0 Å². The summed E-state index contributed by atoms with van der Waals surface area (Å²) in [5.74, 6) is 0.568. The Morgan fingerprint density at radius 3 is 2.60 bits per heavy atom. The largest absolute Gasteiger partial charge is 0.381 e. The molecule has 1 amide bonds. The van der Waals surface area contributed by atoms with Gasteiger partial charge >= 0.3 is 0 Å². The second kappa shape index (κ2) is 4.94. The van der Waals surface area contributed by atoms with Gasteiger partial charge in [-0.05, 0) is 25.8 Å². The molecule has 2 aliphatic rings. The average Bonchev–Trinajstić information content (AvgIpc) is 2.82. The summed E-state index contributed by atoms with van der Waals surface area (Å²) in [6.45, 7) is 3.59. The molecule has 0 radical (unpaired) electrons. The molecule has 0 bridgehead atoms. The Kier molecular flexibility index (Phi) is 3.59. The second-order valence-corrected chi connectivity index (χ2v) is 4.45. The second-order valence-electron chi connectivity index (χ2n) is 4.45. The van der Waals surface area contributed by atoms with Crippen molar-refractivity contribution in [1.29, 1.82) is 0 Å². The number of rotatable bonds is 2. The summed E-state index contributed by atoms with van der Waals surface area (Å²) < 4.78 is 5.29. The van der Waals surface area contributed by atoms with Gasteiger partial charge in [-0.1, -0.05) is 0 Å². The third-order valence-corrected chi connectivity index (χ3v) is 3.50. The number of likely N-dealkylation sites (tertiary alicyclic amines) is 1. The minimum absolute atomic E-state index is 0.226. The van der Waals surface area contributed by atoms with E-state index in [-0.39, 0.29) is 5.92 Å². The van der Waals surface area contributed by atoms with E-state index >= 15 is 0 Å². The molecule has 0 saturated carbocycles. The summed E-state index contributed by atoms with van der Waals surface area (Å²) in [5, 5.41) is 3.24. The van der Waals surface area contributed by atoms with Crippen LogP contribution in [0.2, 0.25) is 0 Å². The van der Waals surface area contributed by atoms with Crippen LogP contribution >= 0.6 is 0 Å². The van der Waals surface area contributed by atoms with Crippen LogP contribution in [0.15, 0.2) is 0 Å². The van der Waals surface area contributed by atoms with E-state index in [9.17, 15) is 4.79 Å². The smallest absolute Gasteiger partial charge is 0.227 e. The van der Waals surface area contributed by atoms with Gasteiger partial charge in [0, 0.05) is 26.7 Å². The molecule has 0 aromatic carbocycles. The lowest BCUT2D eigenvalue weighted by Gasteiger charge is -2.32. The lowest BCUT2D eigenvalue weighted by Crippen LogP contribution is -2.43. The standard InChI is InChI=1S/C11H20N2O2/c1-15-10-3-6-13(7-4-10)11(14)9-2-5-12-8-9/h9-10,12H,2-8H2,1H3/t9-/m0/s1. The van der Waals surface area contributed by atoms with Crippen molar-refractivity contribution in [2.75, 3.05) is 33.3 Å². The monoisotopic (exact) mass is 212 g/mol. The van der Waals surface area contributed by atoms with Crippen LogP contribution in [0.1, 0.15) is 19.3 Å². The lowest BCUT2D eigenvalue weighted by molar-refractivity contribution is -0.137. The van der Waals surface area contributed by atoms with Gasteiger partial charge in [-0.2, -0.15) is 0 Å².